The zero-order chi connectivity index (χ0) is 11.3. The van der Waals surface area contributed by atoms with Gasteiger partial charge in [0.2, 0.25) is 0 Å². The molecule has 0 saturated heterocycles. The van der Waals surface area contributed by atoms with Crippen LogP contribution in [0, 0.1) is 12.0 Å². The van der Waals surface area contributed by atoms with E-state index in [0.717, 1.165) is 12.2 Å². The van der Waals surface area contributed by atoms with Crippen molar-refractivity contribution in [3.05, 3.63) is 35.9 Å². The molecule has 1 radical (unpaired) electrons. The van der Waals surface area contributed by atoms with Crippen LogP contribution in [0.25, 0.3) is 0 Å². The van der Waals surface area contributed by atoms with E-state index in [9.17, 15) is 0 Å². The van der Waals surface area contributed by atoms with Crippen molar-refractivity contribution in [2.75, 3.05) is 0 Å². The first-order chi connectivity index (χ1) is 7.02. The van der Waals surface area contributed by atoms with Gasteiger partial charge in [-0.2, -0.15) is 0 Å². The van der Waals surface area contributed by atoms with Crippen molar-refractivity contribution < 1.29 is 4.43 Å². The number of rotatable bonds is 5. The summed E-state index contributed by atoms with van der Waals surface area (Å²) in [5.41, 5.74) is 1.16. The molecule has 0 aliphatic carbocycles. The molecular formula is C13H21OSi. The van der Waals surface area contributed by atoms with Crippen LogP contribution in [0.5, 0.6) is 0 Å². The molecule has 1 aromatic rings. The third-order valence-corrected chi connectivity index (χ3v) is 5.04. The molecule has 0 aliphatic heterocycles. The first kappa shape index (κ1) is 12.5. The summed E-state index contributed by atoms with van der Waals surface area (Å²) in [6.07, 6.45) is 0. The highest BCUT2D eigenvalue weighted by atomic mass is 28.2. The standard InChI is InChI=1S/C13H21OSi/c1-11(2)13(3,4)15-14-10-12-8-6-5-7-9-12/h5-8,11H,10,15H2,1-4H3. The summed E-state index contributed by atoms with van der Waals surface area (Å²) in [6, 6.07) is 11.2. The van der Waals surface area contributed by atoms with Gasteiger partial charge in [-0.3, -0.25) is 0 Å². The lowest BCUT2D eigenvalue weighted by molar-refractivity contribution is 0.291. The van der Waals surface area contributed by atoms with Crippen LogP contribution < -0.4 is 0 Å². The fourth-order valence-electron chi connectivity index (χ4n) is 1.11. The molecule has 0 N–H and O–H groups in total. The molecule has 0 bridgehead atoms. The Morgan fingerprint density at radius 3 is 2.67 bits per heavy atom. The zero-order valence-corrected chi connectivity index (χ0v) is 11.6. The van der Waals surface area contributed by atoms with Crippen molar-refractivity contribution in [1.82, 2.24) is 0 Å². The SMILES string of the molecule is CC(C)C(C)(C)[SiH2]OCc1[c]cccc1. The molecule has 0 aromatic heterocycles. The molecule has 1 aromatic carbocycles. The van der Waals surface area contributed by atoms with Gasteiger partial charge in [-0.05, 0) is 22.6 Å². The van der Waals surface area contributed by atoms with Crippen molar-refractivity contribution in [1.29, 1.82) is 0 Å². The Hall–Kier alpha value is -0.603. The number of hydrogen-bond acceptors (Lipinski definition) is 1. The quantitative estimate of drug-likeness (QED) is 0.695. The van der Waals surface area contributed by atoms with Crippen molar-refractivity contribution in [3.63, 3.8) is 0 Å². The van der Waals surface area contributed by atoms with E-state index in [0.29, 0.717) is 11.0 Å². The van der Waals surface area contributed by atoms with Gasteiger partial charge in [0.1, 0.15) is 0 Å². The van der Waals surface area contributed by atoms with Crippen LogP contribution in [0.1, 0.15) is 33.3 Å². The van der Waals surface area contributed by atoms with Crippen LogP contribution >= 0.6 is 0 Å². The Morgan fingerprint density at radius 2 is 2.13 bits per heavy atom. The van der Waals surface area contributed by atoms with Crippen LogP contribution in [0.15, 0.2) is 24.3 Å². The van der Waals surface area contributed by atoms with Crippen molar-refractivity contribution in [3.8, 4) is 0 Å². The highest BCUT2D eigenvalue weighted by molar-refractivity contribution is 6.32. The first-order valence-electron chi connectivity index (χ1n) is 5.56. The molecule has 0 unspecified atom stereocenters. The predicted octanol–water partition coefficient (Wildman–Crippen LogP) is 2.94. The summed E-state index contributed by atoms with van der Waals surface area (Å²) >= 11 is 0. The minimum absolute atomic E-state index is 0.384. The normalized spacial score (nSPS) is 12.9. The van der Waals surface area contributed by atoms with Gasteiger partial charge < -0.3 is 4.43 Å². The molecule has 0 saturated carbocycles. The summed E-state index contributed by atoms with van der Waals surface area (Å²) in [4.78, 5) is 0. The zero-order valence-electron chi connectivity index (χ0n) is 10.2. The van der Waals surface area contributed by atoms with Crippen LogP contribution in [-0.4, -0.2) is 9.76 Å². The molecule has 1 rings (SSSR count). The van der Waals surface area contributed by atoms with Gasteiger partial charge in [-0.25, -0.2) is 0 Å². The van der Waals surface area contributed by atoms with E-state index < -0.39 is 9.76 Å². The monoisotopic (exact) mass is 221 g/mol. The second kappa shape index (κ2) is 5.47. The molecular weight excluding hydrogens is 200 g/mol. The molecule has 1 nitrogen and oxygen atoms in total. The highest BCUT2D eigenvalue weighted by Gasteiger charge is 2.23. The Labute approximate surface area is 95.8 Å². The van der Waals surface area contributed by atoms with Crippen LogP contribution in [0.3, 0.4) is 0 Å². The number of hydrogen-bond donors (Lipinski definition) is 0. The maximum atomic E-state index is 5.85. The Bertz CT molecular complexity index is 280. The maximum Gasteiger partial charge on any atom is 0.167 e. The van der Waals surface area contributed by atoms with Gasteiger partial charge in [0.15, 0.2) is 9.76 Å². The lowest BCUT2D eigenvalue weighted by Crippen LogP contribution is -2.21. The van der Waals surface area contributed by atoms with Gasteiger partial charge in [-0.15, -0.1) is 0 Å². The summed E-state index contributed by atoms with van der Waals surface area (Å²) in [7, 11) is -0.472. The van der Waals surface area contributed by atoms with Gasteiger partial charge in [0.25, 0.3) is 0 Å². The van der Waals surface area contributed by atoms with Gasteiger partial charge >= 0.3 is 0 Å². The molecule has 0 aliphatic rings. The molecule has 0 fully saturated rings. The Morgan fingerprint density at radius 1 is 1.40 bits per heavy atom. The van der Waals surface area contributed by atoms with Crippen LogP contribution in [0.2, 0.25) is 5.04 Å². The fourth-order valence-corrected chi connectivity index (χ4v) is 2.29. The first-order valence-corrected chi connectivity index (χ1v) is 6.84. The molecule has 83 valence electrons. The summed E-state index contributed by atoms with van der Waals surface area (Å²) in [5.74, 6) is 0.698. The molecule has 0 atom stereocenters. The van der Waals surface area contributed by atoms with Crippen molar-refractivity contribution in [2.45, 2.75) is 39.3 Å². The minimum Gasteiger partial charge on any atom is -0.419 e. The smallest absolute Gasteiger partial charge is 0.167 e. The summed E-state index contributed by atoms with van der Waals surface area (Å²) in [6.45, 7) is 9.87. The summed E-state index contributed by atoms with van der Waals surface area (Å²) < 4.78 is 5.85. The van der Waals surface area contributed by atoms with Crippen molar-refractivity contribution >= 4 is 9.76 Å². The molecule has 2 heteroatoms. The molecule has 0 heterocycles. The van der Waals surface area contributed by atoms with E-state index in [1.54, 1.807) is 0 Å². The van der Waals surface area contributed by atoms with Gasteiger partial charge in [-0.1, -0.05) is 52.0 Å². The second-order valence-electron chi connectivity index (χ2n) is 5.02. The molecule has 0 amide bonds. The van der Waals surface area contributed by atoms with E-state index >= 15 is 0 Å². The topological polar surface area (TPSA) is 9.23 Å². The lowest BCUT2D eigenvalue weighted by Gasteiger charge is -2.28. The average molecular weight is 221 g/mol. The maximum absolute atomic E-state index is 5.85. The molecule has 15 heavy (non-hydrogen) atoms. The van der Waals surface area contributed by atoms with E-state index in [1.807, 2.05) is 18.2 Å². The Kier molecular flexibility index (Phi) is 4.55. The Balaban J connectivity index is 2.34. The average Bonchev–Trinajstić information content (AvgIpc) is 2.19. The lowest BCUT2D eigenvalue weighted by atomic mass is 9.99. The largest absolute Gasteiger partial charge is 0.419 e. The minimum atomic E-state index is -0.472. The van der Waals surface area contributed by atoms with Crippen LogP contribution in [0.4, 0.5) is 0 Å². The highest BCUT2D eigenvalue weighted by Crippen LogP contribution is 2.32. The summed E-state index contributed by atoms with van der Waals surface area (Å²) in [5, 5.41) is 0.384. The fraction of sp³-hybridized carbons (Fsp3) is 0.538. The second-order valence-corrected chi connectivity index (χ2v) is 7.54. The van der Waals surface area contributed by atoms with Crippen LogP contribution in [-0.2, 0) is 11.0 Å². The molecule has 0 spiro atoms. The van der Waals surface area contributed by atoms with Crippen molar-refractivity contribution in [2.24, 2.45) is 5.92 Å². The van der Waals surface area contributed by atoms with Gasteiger partial charge in [0, 0.05) is 0 Å². The third-order valence-electron chi connectivity index (χ3n) is 3.07. The van der Waals surface area contributed by atoms with E-state index in [1.165, 1.54) is 0 Å². The number of benzene rings is 1. The van der Waals surface area contributed by atoms with E-state index in [4.69, 9.17) is 4.43 Å². The van der Waals surface area contributed by atoms with E-state index in [2.05, 4.69) is 39.8 Å². The third kappa shape index (κ3) is 4.18. The predicted molar refractivity (Wildman–Crippen MR) is 67.5 cm³/mol. The van der Waals surface area contributed by atoms with E-state index in [-0.39, 0.29) is 0 Å². The van der Waals surface area contributed by atoms with Gasteiger partial charge in [0.05, 0.1) is 6.61 Å².